The molecule has 0 radical (unpaired) electrons. The topological polar surface area (TPSA) is 68.0 Å². The summed E-state index contributed by atoms with van der Waals surface area (Å²) in [4.78, 5) is 16.5. The molecule has 4 rings (SSSR count). The van der Waals surface area contributed by atoms with Crippen molar-refractivity contribution in [1.82, 2.24) is 10.3 Å². The quantitative estimate of drug-likeness (QED) is 0.800. The Kier molecular flexibility index (Phi) is 2.97. The minimum absolute atomic E-state index is 0.0162. The fourth-order valence-corrected chi connectivity index (χ4v) is 4.59. The van der Waals surface area contributed by atoms with E-state index in [1.807, 2.05) is 0 Å². The van der Waals surface area contributed by atoms with Crippen molar-refractivity contribution in [3.8, 4) is 11.8 Å². The number of nitrogens with two attached hydrogens (primary N) is 1. The standard InChI is InChI=1S/C17H19N3O/c18-6-1-2-12-9-19-7-5-13(12)17(21)20-16-14-10-3-4-11(8-10)15(14)16/h5,7,9-11,14-16H,3-4,6,8,18H2,(H,20,21). The maximum atomic E-state index is 12.5. The van der Waals surface area contributed by atoms with Gasteiger partial charge in [-0.25, -0.2) is 0 Å². The summed E-state index contributed by atoms with van der Waals surface area (Å²) < 4.78 is 0. The predicted octanol–water partition coefficient (Wildman–Crippen LogP) is 1.17. The van der Waals surface area contributed by atoms with Crippen LogP contribution in [0.5, 0.6) is 0 Å². The van der Waals surface area contributed by atoms with E-state index in [1.165, 1.54) is 19.3 Å². The second kappa shape index (κ2) is 4.85. The molecule has 2 bridgehead atoms. The Morgan fingerprint density at radius 1 is 1.38 bits per heavy atom. The average Bonchev–Trinajstić information content (AvgIpc) is 2.90. The van der Waals surface area contributed by atoms with Crippen LogP contribution in [-0.4, -0.2) is 23.5 Å². The van der Waals surface area contributed by atoms with Crippen LogP contribution < -0.4 is 11.1 Å². The minimum Gasteiger partial charge on any atom is -0.349 e. The van der Waals surface area contributed by atoms with Crippen LogP contribution in [0.3, 0.4) is 0 Å². The van der Waals surface area contributed by atoms with E-state index in [0.29, 0.717) is 17.2 Å². The third-order valence-corrected chi connectivity index (χ3v) is 5.42. The number of hydrogen-bond donors (Lipinski definition) is 2. The van der Waals surface area contributed by atoms with Crippen LogP contribution in [0.4, 0.5) is 0 Å². The van der Waals surface area contributed by atoms with Crippen LogP contribution in [0.1, 0.15) is 35.2 Å². The smallest absolute Gasteiger partial charge is 0.252 e. The normalized spacial score (nSPS) is 34.8. The Morgan fingerprint density at radius 2 is 2.14 bits per heavy atom. The number of carbonyl (C=O) groups excluding carboxylic acids is 1. The molecule has 1 aromatic rings. The van der Waals surface area contributed by atoms with Crippen molar-refractivity contribution in [1.29, 1.82) is 0 Å². The van der Waals surface area contributed by atoms with Gasteiger partial charge in [0, 0.05) is 18.4 Å². The first kappa shape index (κ1) is 12.8. The Bertz CT molecular complexity index is 629. The third kappa shape index (κ3) is 2.04. The summed E-state index contributed by atoms with van der Waals surface area (Å²) >= 11 is 0. The second-order valence-electron chi connectivity index (χ2n) is 6.41. The highest BCUT2D eigenvalue weighted by Gasteiger charge is 2.65. The van der Waals surface area contributed by atoms with E-state index in [4.69, 9.17) is 5.73 Å². The van der Waals surface area contributed by atoms with E-state index in [2.05, 4.69) is 22.1 Å². The van der Waals surface area contributed by atoms with Crippen LogP contribution in [0.25, 0.3) is 0 Å². The molecule has 4 nitrogen and oxygen atoms in total. The van der Waals surface area contributed by atoms with E-state index in [0.717, 1.165) is 23.7 Å². The summed E-state index contributed by atoms with van der Waals surface area (Å²) in [6.07, 6.45) is 7.39. The molecule has 3 aliphatic carbocycles. The molecule has 1 amide bonds. The van der Waals surface area contributed by atoms with Crippen LogP contribution in [0, 0.1) is 35.5 Å². The van der Waals surface area contributed by atoms with Gasteiger partial charge in [-0.05, 0) is 49.0 Å². The highest BCUT2D eigenvalue weighted by Crippen LogP contribution is 2.65. The lowest BCUT2D eigenvalue weighted by Crippen LogP contribution is -2.30. The monoisotopic (exact) mass is 281 g/mol. The number of amides is 1. The van der Waals surface area contributed by atoms with Crippen molar-refractivity contribution in [3.05, 3.63) is 29.6 Å². The summed E-state index contributed by atoms with van der Waals surface area (Å²) in [7, 11) is 0. The molecular formula is C17H19N3O. The van der Waals surface area contributed by atoms with Crippen LogP contribution in [-0.2, 0) is 0 Å². The van der Waals surface area contributed by atoms with E-state index in [-0.39, 0.29) is 12.5 Å². The molecule has 4 heteroatoms. The number of aromatic nitrogens is 1. The Labute approximate surface area is 124 Å². The number of pyridine rings is 1. The number of nitrogens with zero attached hydrogens (tertiary/aromatic N) is 1. The van der Waals surface area contributed by atoms with Crippen molar-refractivity contribution in [3.63, 3.8) is 0 Å². The highest BCUT2D eigenvalue weighted by molar-refractivity contribution is 5.97. The zero-order valence-corrected chi connectivity index (χ0v) is 11.9. The first-order valence-electron chi connectivity index (χ1n) is 7.73. The maximum absolute atomic E-state index is 12.5. The molecule has 1 heterocycles. The van der Waals surface area contributed by atoms with E-state index in [1.54, 1.807) is 18.5 Å². The summed E-state index contributed by atoms with van der Waals surface area (Å²) in [6, 6.07) is 2.13. The molecule has 3 aliphatic rings. The number of hydrogen-bond acceptors (Lipinski definition) is 3. The van der Waals surface area contributed by atoms with Gasteiger partial charge in [0.1, 0.15) is 0 Å². The van der Waals surface area contributed by atoms with Gasteiger partial charge in [0.25, 0.3) is 5.91 Å². The van der Waals surface area contributed by atoms with Gasteiger partial charge in [-0.15, -0.1) is 0 Å². The molecule has 21 heavy (non-hydrogen) atoms. The van der Waals surface area contributed by atoms with Crippen molar-refractivity contribution >= 4 is 5.91 Å². The lowest BCUT2D eigenvalue weighted by Gasteiger charge is -2.11. The van der Waals surface area contributed by atoms with Crippen molar-refractivity contribution in [2.75, 3.05) is 6.54 Å². The fraction of sp³-hybridized carbons (Fsp3) is 0.529. The van der Waals surface area contributed by atoms with Gasteiger partial charge in [-0.2, -0.15) is 0 Å². The first-order valence-corrected chi connectivity index (χ1v) is 7.73. The molecule has 3 saturated carbocycles. The fourth-order valence-electron chi connectivity index (χ4n) is 4.59. The van der Waals surface area contributed by atoms with Gasteiger partial charge in [0.15, 0.2) is 0 Å². The van der Waals surface area contributed by atoms with Gasteiger partial charge in [0.2, 0.25) is 0 Å². The van der Waals surface area contributed by atoms with Gasteiger partial charge in [-0.3, -0.25) is 9.78 Å². The highest BCUT2D eigenvalue weighted by atomic mass is 16.1. The summed E-state index contributed by atoms with van der Waals surface area (Å²) in [5.41, 5.74) is 6.67. The molecule has 108 valence electrons. The summed E-state index contributed by atoms with van der Waals surface area (Å²) in [5, 5.41) is 3.22. The molecule has 4 atom stereocenters. The number of fused-ring (bicyclic) bond motifs is 5. The van der Waals surface area contributed by atoms with Gasteiger partial charge < -0.3 is 11.1 Å². The van der Waals surface area contributed by atoms with Crippen LogP contribution in [0.15, 0.2) is 18.5 Å². The van der Waals surface area contributed by atoms with E-state index < -0.39 is 0 Å². The molecule has 3 fully saturated rings. The zero-order chi connectivity index (χ0) is 14.4. The number of nitrogens with one attached hydrogen (secondary N) is 1. The minimum atomic E-state index is -0.0162. The molecule has 0 saturated heterocycles. The van der Waals surface area contributed by atoms with Gasteiger partial charge >= 0.3 is 0 Å². The summed E-state index contributed by atoms with van der Waals surface area (Å²) in [5.74, 6) is 8.91. The second-order valence-corrected chi connectivity index (χ2v) is 6.41. The van der Waals surface area contributed by atoms with E-state index >= 15 is 0 Å². The zero-order valence-electron chi connectivity index (χ0n) is 11.9. The van der Waals surface area contributed by atoms with Gasteiger partial charge in [0.05, 0.1) is 17.7 Å². The SMILES string of the molecule is NCC#Cc1cnccc1C(=O)NC1C2C3CCC(C3)C12. The Hall–Kier alpha value is -1.86. The molecule has 0 aromatic carbocycles. The number of rotatable bonds is 2. The number of carbonyl (C=O) groups is 1. The molecule has 1 aromatic heterocycles. The van der Waals surface area contributed by atoms with Crippen LogP contribution >= 0.6 is 0 Å². The molecule has 0 spiro atoms. The van der Waals surface area contributed by atoms with Crippen molar-refractivity contribution in [2.24, 2.45) is 29.4 Å². The molecular weight excluding hydrogens is 262 g/mol. The van der Waals surface area contributed by atoms with Crippen molar-refractivity contribution in [2.45, 2.75) is 25.3 Å². The first-order chi connectivity index (χ1) is 10.3. The maximum Gasteiger partial charge on any atom is 0.252 e. The Balaban J connectivity index is 1.49. The van der Waals surface area contributed by atoms with Gasteiger partial charge in [-0.1, -0.05) is 11.8 Å². The third-order valence-electron chi connectivity index (χ3n) is 5.42. The largest absolute Gasteiger partial charge is 0.349 e. The van der Waals surface area contributed by atoms with Crippen molar-refractivity contribution < 1.29 is 4.79 Å². The Morgan fingerprint density at radius 3 is 2.86 bits per heavy atom. The van der Waals surface area contributed by atoms with E-state index in [9.17, 15) is 4.79 Å². The van der Waals surface area contributed by atoms with Crippen LogP contribution in [0.2, 0.25) is 0 Å². The molecule has 0 aliphatic heterocycles. The lowest BCUT2D eigenvalue weighted by molar-refractivity contribution is 0.0944. The average molecular weight is 281 g/mol. The molecule has 4 unspecified atom stereocenters. The predicted molar refractivity (Wildman–Crippen MR) is 79.2 cm³/mol. The lowest BCUT2D eigenvalue weighted by atomic mass is 10.0. The molecule has 3 N–H and O–H groups in total. The summed E-state index contributed by atoms with van der Waals surface area (Å²) in [6.45, 7) is 0.284.